The van der Waals surface area contributed by atoms with Gasteiger partial charge in [0.25, 0.3) is 0 Å². The van der Waals surface area contributed by atoms with Crippen LogP contribution in [0.1, 0.15) is 1.37 Å². The van der Waals surface area contributed by atoms with E-state index >= 15 is 0 Å². The van der Waals surface area contributed by atoms with Gasteiger partial charge < -0.3 is 4.57 Å². The second kappa shape index (κ2) is 13.8. The molecule has 10 aromatic rings. The van der Waals surface area contributed by atoms with E-state index in [0.29, 0.717) is 23.5 Å². The molecular formula is C51H34N4. The molecule has 2 aromatic heterocycles. The molecule has 55 heavy (non-hydrogen) atoms. The fraction of sp³-hybridized carbons (Fsp3) is 0. The lowest BCUT2D eigenvalue weighted by Crippen LogP contribution is -2.04. The number of hydrogen-bond donors (Lipinski definition) is 0. The first-order chi connectivity index (χ1) is 27.7. The molecule has 258 valence electrons. The van der Waals surface area contributed by atoms with Gasteiger partial charge in [-0.25, -0.2) is 15.0 Å². The molecule has 0 aliphatic rings. The molecule has 4 heteroatoms. The molecule has 0 aliphatic heterocycles. The third kappa shape index (κ3) is 6.06. The highest BCUT2D eigenvalue weighted by Gasteiger charge is 2.20. The van der Waals surface area contributed by atoms with Gasteiger partial charge in [-0.3, -0.25) is 0 Å². The summed E-state index contributed by atoms with van der Waals surface area (Å²) >= 11 is 0. The first-order valence-corrected chi connectivity index (χ1v) is 18.4. The first-order valence-electron chi connectivity index (χ1n) is 18.9. The van der Waals surface area contributed by atoms with Crippen LogP contribution >= 0.6 is 0 Å². The van der Waals surface area contributed by atoms with E-state index in [1.54, 1.807) is 0 Å². The normalized spacial score (nSPS) is 11.5. The lowest BCUT2D eigenvalue weighted by Gasteiger charge is -2.16. The van der Waals surface area contributed by atoms with Gasteiger partial charge in [-0.2, -0.15) is 0 Å². The number of hydrogen-bond acceptors (Lipinski definition) is 3. The summed E-state index contributed by atoms with van der Waals surface area (Å²) in [4.78, 5) is 15.6. The van der Waals surface area contributed by atoms with Crippen LogP contribution in [0.2, 0.25) is 0 Å². The standard InChI is InChI=1S/C51H34N4/c1-4-15-35(16-5-1)38-27-29-39(30-28-38)49-52-50(42-22-14-21-40(33-42)36-17-6-2-7-18-36)54-51(53-49)45-32-31-41(37-19-8-3-9-20-37)34-48(45)55-46-25-12-10-23-43(46)44-24-11-13-26-47(44)55/h1-34H/i31D. The Morgan fingerprint density at radius 2 is 0.764 bits per heavy atom. The highest BCUT2D eigenvalue weighted by Crippen LogP contribution is 2.38. The summed E-state index contributed by atoms with van der Waals surface area (Å²) in [5.74, 6) is 1.61. The number of nitrogens with zero attached hydrogens (tertiary/aromatic N) is 4. The van der Waals surface area contributed by atoms with Crippen LogP contribution < -0.4 is 0 Å². The molecule has 4 nitrogen and oxygen atoms in total. The summed E-state index contributed by atoms with van der Waals surface area (Å²) in [6.07, 6.45) is 0. The summed E-state index contributed by atoms with van der Waals surface area (Å²) < 4.78 is 11.7. The van der Waals surface area contributed by atoms with Crippen molar-refractivity contribution in [2.24, 2.45) is 0 Å². The molecular weight excluding hydrogens is 669 g/mol. The van der Waals surface area contributed by atoms with Crippen molar-refractivity contribution in [2.45, 2.75) is 0 Å². The Morgan fingerprint density at radius 1 is 0.327 bits per heavy atom. The second-order valence-corrected chi connectivity index (χ2v) is 13.6. The summed E-state index contributed by atoms with van der Waals surface area (Å²) in [6, 6.07) is 69.0. The maximum atomic E-state index is 9.43. The van der Waals surface area contributed by atoms with Gasteiger partial charge in [-0.05, 0) is 63.7 Å². The van der Waals surface area contributed by atoms with E-state index < -0.39 is 0 Å². The highest BCUT2D eigenvalue weighted by atomic mass is 15.1. The number of para-hydroxylation sites is 2. The molecule has 0 bridgehead atoms. The van der Waals surface area contributed by atoms with Gasteiger partial charge in [0.2, 0.25) is 0 Å². The largest absolute Gasteiger partial charge is 0.308 e. The third-order valence-corrected chi connectivity index (χ3v) is 10.2. The van der Waals surface area contributed by atoms with Gasteiger partial charge >= 0.3 is 0 Å². The third-order valence-electron chi connectivity index (χ3n) is 10.2. The fourth-order valence-electron chi connectivity index (χ4n) is 7.48. The van der Waals surface area contributed by atoms with E-state index in [1.807, 2.05) is 48.5 Å². The van der Waals surface area contributed by atoms with Crippen molar-refractivity contribution in [2.75, 3.05) is 0 Å². The molecule has 0 N–H and O–H groups in total. The Morgan fingerprint density at radius 3 is 1.38 bits per heavy atom. The molecule has 0 fully saturated rings. The number of aromatic nitrogens is 4. The summed E-state index contributed by atoms with van der Waals surface area (Å²) in [5.41, 5.74) is 11.8. The lowest BCUT2D eigenvalue weighted by atomic mass is 10.0. The van der Waals surface area contributed by atoms with E-state index in [9.17, 15) is 1.37 Å². The lowest BCUT2D eigenvalue weighted by molar-refractivity contribution is 1.06. The van der Waals surface area contributed by atoms with Crippen LogP contribution in [0, 0.1) is 0 Å². The molecule has 0 amide bonds. The van der Waals surface area contributed by atoms with Gasteiger partial charge in [-0.15, -0.1) is 0 Å². The van der Waals surface area contributed by atoms with E-state index in [4.69, 9.17) is 15.0 Å². The summed E-state index contributed by atoms with van der Waals surface area (Å²) in [6.45, 7) is 0. The van der Waals surface area contributed by atoms with Crippen LogP contribution in [0.4, 0.5) is 0 Å². The first kappa shape index (κ1) is 31.1. The Labute approximate surface area is 321 Å². The van der Waals surface area contributed by atoms with Crippen molar-refractivity contribution < 1.29 is 1.37 Å². The van der Waals surface area contributed by atoms with Gasteiger partial charge in [0.05, 0.1) is 18.1 Å². The summed E-state index contributed by atoms with van der Waals surface area (Å²) in [7, 11) is 0. The maximum absolute atomic E-state index is 9.43. The van der Waals surface area contributed by atoms with E-state index in [-0.39, 0.29) is 0 Å². The van der Waals surface area contributed by atoms with Crippen molar-refractivity contribution in [1.29, 1.82) is 0 Å². The minimum absolute atomic E-state index is 0.387. The molecule has 0 spiro atoms. The highest BCUT2D eigenvalue weighted by molar-refractivity contribution is 6.09. The minimum Gasteiger partial charge on any atom is -0.308 e. The molecule has 0 aliphatic carbocycles. The monoisotopic (exact) mass is 703 g/mol. The van der Waals surface area contributed by atoms with Crippen molar-refractivity contribution in [3.8, 4) is 73.2 Å². The fourth-order valence-corrected chi connectivity index (χ4v) is 7.48. The van der Waals surface area contributed by atoms with Crippen LogP contribution in [0.3, 0.4) is 0 Å². The molecule has 0 saturated heterocycles. The van der Waals surface area contributed by atoms with Crippen LogP contribution in [-0.4, -0.2) is 19.5 Å². The summed E-state index contributed by atoms with van der Waals surface area (Å²) in [5, 5.41) is 2.30. The zero-order valence-corrected chi connectivity index (χ0v) is 29.8. The van der Waals surface area contributed by atoms with Gasteiger partial charge in [-0.1, -0.05) is 176 Å². The zero-order chi connectivity index (χ0) is 37.4. The molecule has 8 aromatic carbocycles. The number of fused-ring (bicyclic) bond motifs is 3. The average molecular weight is 704 g/mol. The molecule has 2 heterocycles. The van der Waals surface area contributed by atoms with Crippen LogP contribution in [0.15, 0.2) is 206 Å². The molecule has 0 unspecified atom stereocenters. The smallest absolute Gasteiger partial charge is 0.166 e. The quantitative estimate of drug-likeness (QED) is 0.166. The Balaban J connectivity index is 1.23. The predicted molar refractivity (Wildman–Crippen MR) is 227 cm³/mol. The molecule has 0 saturated carbocycles. The van der Waals surface area contributed by atoms with Crippen molar-refractivity contribution in [3.63, 3.8) is 0 Å². The Hall–Kier alpha value is -7.43. The number of rotatable bonds is 7. The van der Waals surface area contributed by atoms with E-state index in [0.717, 1.165) is 77.6 Å². The maximum Gasteiger partial charge on any atom is 0.166 e. The molecule has 0 atom stereocenters. The topological polar surface area (TPSA) is 43.6 Å². The Kier molecular flexibility index (Phi) is 7.84. The van der Waals surface area contributed by atoms with Gasteiger partial charge in [0, 0.05) is 27.5 Å². The van der Waals surface area contributed by atoms with Gasteiger partial charge in [0.1, 0.15) is 0 Å². The number of benzene rings is 8. The predicted octanol–water partition coefficient (Wildman–Crippen LogP) is 13.0. The van der Waals surface area contributed by atoms with Gasteiger partial charge in [0.15, 0.2) is 17.5 Å². The minimum atomic E-state index is 0.387. The van der Waals surface area contributed by atoms with Crippen molar-refractivity contribution in [3.05, 3.63) is 206 Å². The van der Waals surface area contributed by atoms with Crippen LogP contribution in [-0.2, 0) is 0 Å². The second-order valence-electron chi connectivity index (χ2n) is 13.6. The zero-order valence-electron chi connectivity index (χ0n) is 30.8. The van der Waals surface area contributed by atoms with Crippen molar-refractivity contribution in [1.82, 2.24) is 19.5 Å². The van der Waals surface area contributed by atoms with Crippen LogP contribution in [0.5, 0.6) is 0 Å². The van der Waals surface area contributed by atoms with E-state index in [2.05, 4.69) is 156 Å². The molecule has 10 rings (SSSR count). The van der Waals surface area contributed by atoms with E-state index in [1.165, 1.54) is 0 Å². The van der Waals surface area contributed by atoms with Crippen molar-refractivity contribution >= 4 is 21.8 Å². The molecule has 0 radical (unpaired) electrons. The van der Waals surface area contributed by atoms with Crippen LogP contribution in [0.25, 0.3) is 95.0 Å². The Bertz CT molecular complexity index is 2960. The SMILES string of the molecule is [2H]c1cc(-c2nc(-c3ccc(-c4ccccc4)cc3)nc(-c3cccc(-c4ccccc4)c3)n2)c(-n2c3ccccc3c3ccccc32)cc1-c1ccccc1. The average Bonchev–Trinajstić information content (AvgIpc) is 3.61.